The van der Waals surface area contributed by atoms with Gasteiger partial charge in [0, 0.05) is 0 Å². The molecular weight excluding hydrogens is 406 g/mol. The zero-order valence-electron chi connectivity index (χ0n) is 16.4. The molecule has 0 bridgehead atoms. The van der Waals surface area contributed by atoms with Crippen molar-refractivity contribution in [3.05, 3.63) is 42.5 Å². The van der Waals surface area contributed by atoms with Crippen LogP contribution in [0.25, 0.3) is 11.2 Å². The Morgan fingerprint density at radius 3 is 2.71 bits per heavy atom. The standard InChI is InChI=1S/C19H23N7O5/c20-11(5-9-1-3-10(28)4-2-9)18(30)25-13-12(6-27)31-19(15(13)29)26-8-24-14-16(21)22-7-23-17(14)26/h1-4,7-8,11-13,15,19,27-29H,5-6,20H2,(H,25,30)(H2,21,22,23)/t11?,12-,13?,15+,19-/m1/s1. The summed E-state index contributed by atoms with van der Waals surface area (Å²) in [5.74, 6) is -0.217. The normalized spacial score (nSPS) is 24.4. The van der Waals surface area contributed by atoms with Crippen LogP contribution in [0.2, 0.25) is 0 Å². The number of benzene rings is 1. The molecule has 1 aliphatic heterocycles. The van der Waals surface area contributed by atoms with Gasteiger partial charge in [0.05, 0.1) is 25.0 Å². The number of phenolic OH excluding ortho intramolecular Hbond substituents is 1. The van der Waals surface area contributed by atoms with Gasteiger partial charge in [0.25, 0.3) is 0 Å². The molecule has 1 saturated heterocycles. The van der Waals surface area contributed by atoms with E-state index in [1.807, 2.05) is 0 Å². The van der Waals surface area contributed by atoms with Gasteiger partial charge < -0.3 is 36.8 Å². The lowest BCUT2D eigenvalue weighted by Gasteiger charge is -2.23. The average Bonchev–Trinajstić information content (AvgIpc) is 3.32. The highest BCUT2D eigenvalue weighted by Gasteiger charge is 2.46. The summed E-state index contributed by atoms with van der Waals surface area (Å²) in [7, 11) is 0. The van der Waals surface area contributed by atoms with Crippen molar-refractivity contribution in [1.82, 2.24) is 24.8 Å². The van der Waals surface area contributed by atoms with E-state index in [9.17, 15) is 20.1 Å². The quantitative estimate of drug-likeness (QED) is 0.266. The van der Waals surface area contributed by atoms with Crippen LogP contribution in [-0.2, 0) is 16.0 Å². The van der Waals surface area contributed by atoms with Crippen LogP contribution in [0.15, 0.2) is 36.9 Å². The maximum atomic E-state index is 12.6. The summed E-state index contributed by atoms with van der Waals surface area (Å²) in [6.45, 7) is -0.435. The third-order valence-corrected chi connectivity index (χ3v) is 5.25. The van der Waals surface area contributed by atoms with E-state index >= 15 is 0 Å². The van der Waals surface area contributed by atoms with Gasteiger partial charge in [0.1, 0.15) is 29.8 Å². The summed E-state index contributed by atoms with van der Waals surface area (Å²) >= 11 is 0. The smallest absolute Gasteiger partial charge is 0.237 e. The first kappa shape index (κ1) is 20.9. The highest BCUT2D eigenvalue weighted by molar-refractivity contribution is 5.82. The van der Waals surface area contributed by atoms with Gasteiger partial charge in [0.15, 0.2) is 17.7 Å². The number of aliphatic hydroxyl groups excluding tert-OH is 2. The van der Waals surface area contributed by atoms with Crippen LogP contribution in [0.5, 0.6) is 5.75 Å². The number of imidazole rings is 1. The second-order valence-corrected chi connectivity index (χ2v) is 7.33. The summed E-state index contributed by atoms with van der Waals surface area (Å²) in [5, 5.41) is 32.6. The van der Waals surface area contributed by atoms with Crippen LogP contribution in [0, 0.1) is 0 Å². The molecule has 2 unspecified atom stereocenters. The number of carbonyl (C=O) groups excluding carboxylic acids is 1. The largest absolute Gasteiger partial charge is 0.508 e. The maximum absolute atomic E-state index is 12.6. The molecule has 8 N–H and O–H groups in total. The van der Waals surface area contributed by atoms with E-state index in [0.717, 1.165) is 5.56 Å². The Labute approximate surface area is 176 Å². The molecule has 0 saturated carbocycles. The number of ether oxygens (including phenoxy) is 1. The fourth-order valence-corrected chi connectivity index (χ4v) is 3.61. The Morgan fingerprint density at radius 2 is 2.00 bits per heavy atom. The molecule has 5 atom stereocenters. The van der Waals surface area contributed by atoms with Crippen LogP contribution in [0.1, 0.15) is 11.8 Å². The second-order valence-electron chi connectivity index (χ2n) is 7.33. The van der Waals surface area contributed by atoms with Crippen molar-refractivity contribution in [1.29, 1.82) is 0 Å². The van der Waals surface area contributed by atoms with E-state index in [-0.39, 0.29) is 18.0 Å². The number of aromatic nitrogens is 4. The van der Waals surface area contributed by atoms with Gasteiger partial charge in [0.2, 0.25) is 5.91 Å². The molecule has 1 aromatic carbocycles. The Bertz CT molecular complexity index is 1070. The lowest BCUT2D eigenvalue weighted by Crippen LogP contribution is -2.53. The highest BCUT2D eigenvalue weighted by Crippen LogP contribution is 2.32. The number of anilines is 1. The number of fused-ring (bicyclic) bond motifs is 1. The fourth-order valence-electron chi connectivity index (χ4n) is 3.61. The molecule has 12 heteroatoms. The Balaban J connectivity index is 1.49. The van der Waals surface area contributed by atoms with Crippen molar-refractivity contribution in [2.75, 3.05) is 12.3 Å². The van der Waals surface area contributed by atoms with Crippen molar-refractivity contribution in [2.45, 2.75) is 36.9 Å². The number of nitrogens with two attached hydrogens (primary N) is 2. The monoisotopic (exact) mass is 429 g/mol. The number of hydrogen-bond acceptors (Lipinski definition) is 10. The third-order valence-electron chi connectivity index (χ3n) is 5.25. The van der Waals surface area contributed by atoms with Crippen LogP contribution in [-0.4, -0.2) is 71.6 Å². The topological polar surface area (TPSA) is 195 Å². The SMILES string of the molecule is Nc1ncnc2c1ncn2[C@@H]1O[C@H](CO)C(NC(=O)C(N)Cc2ccc(O)cc2)[C@@H]1O. The first-order chi connectivity index (χ1) is 14.9. The van der Waals surface area contributed by atoms with Gasteiger partial charge in [-0.2, -0.15) is 0 Å². The molecule has 1 amide bonds. The molecule has 0 radical (unpaired) electrons. The van der Waals surface area contributed by atoms with E-state index in [1.54, 1.807) is 12.1 Å². The lowest BCUT2D eigenvalue weighted by atomic mass is 10.0. The van der Waals surface area contributed by atoms with E-state index in [4.69, 9.17) is 16.2 Å². The van der Waals surface area contributed by atoms with E-state index in [2.05, 4.69) is 20.3 Å². The third kappa shape index (κ3) is 4.01. The van der Waals surface area contributed by atoms with Crippen LogP contribution < -0.4 is 16.8 Å². The Morgan fingerprint density at radius 1 is 1.26 bits per heavy atom. The molecule has 12 nitrogen and oxygen atoms in total. The van der Waals surface area contributed by atoms with Gasteiger partial charge in [-0.05, 0) is 24.1 Å². The zero-order valence-corrected chi connectivity index (χ0v) is 16.4. The molecule has 1 aliphatic rings. The number of nitrogens with one attached hydrogen (secondary N) is 1. The van der Waals surface area contributed by atoms with Gasteiger partial charge >= 0.3 is 0 Å². The van der Waals surface area contributed by atoms with E-state index in [1.165, 1.54) is 29.4 Å². The summed E-state index contributed by atoms with van der Waals surface area (Å²) in [6, 6.07) is 4.53. The van der Waals surface area contributed by atoms with Gasteiger partial charge in [-0.3, -0.25) is 9.36 Å². The van der Waals surface area contributed by atoms with Gasteiger partial charge in [-0.1, -0.05) is 12.1 Å². The predicted molar refractivity (Wildman–Crippen MR) is 108 cm³/mol. The number of nitrogens with zero attached hydrogens (tertiary/aromatic N) is 4. The summed E-state index contributed by atoms with van der Waals surface area (Å²) in [5.41, 5.74) is 13.3. The molecule has 2 aromatic heterocycles. The first-order valence-electron chi connectivity index (χ1n) is 9.60. The maximum Gasteiger partial charge on any atom is 0.237 e. The van der Waals surface area contributed by atoms with Crippen molar-refractivity contribution in [3.8, 4) is 5.75 Å². The minimum atomic E-state index is -1.21. The van der Waals surface area contributed by atoms with Crippen LogP contribution >= 0.6 is 0 Å². The first-order valence-corrected chi connectivity index (χ1v) is 9.60. The van der Waals surface area contributed by atoms with Crippen LogP contribution in [0.3, 0.4) is 0 Å². The Hall–Kier alpha value is -3.32. The number of hydrogen-bond donors (Lipinski definition) is 6. The number of rotatable bonds is 6. The van der Waals surface area contributed by atoms with Crippen molar-refractivity contribution in [3.63, 3.8) is 0 Å². The fraction of sp³-hybridized carbons (Fsp3) is 0.368. The molecule has 164 valence electrons. The number of phenols is 1. The van der Waals surface area contributed by atoms with Crippen LogP contribution in [0.4, 0.5) is 5.82 Å². The molecule has 0 aliphatic carbocycles. The summed E-state index contributed by atoms with van der Waals surface area (Å²) in [6.07, 6.45) is -0.154. The van der Waals surface area contributed by atoms with Gasteiger partial charge in [-0.25, -0.2) is 15.0 Å². The number of nitrogen functional groups attached to an aromatic ring is 1. The van der Waals surface area contributed by atoms with Crippen molar-refractivity contribution in [2.24, 2.45) is 5.73 Å². The molecule has 4 rings (SSSR count). The number of carbonyl (C=O) groups is 1. The summed E-state index contributed by atoms with van der Waals surface area (Å²) < 4.78 is 7.25. The summed E-state index contributed by atoms with van der Waals surface area (Å²) in [4.78, 5) is 24.8. The number of amides is 1. The number of aromatic hydroxyl groups is 1. The Kier molecular flexibility index (Phi) is 5.69. The molecule has 3 aromatic rings. The van der Waals surface area contributed by atoms with Gasteiger partial charge in [-0.15, -0.1) is 0 Å². The van der Waals surface area contributed by atoms with Crippen molar-refractivity contribution >= 4 is 22.9 Å². The minimum Gasteiger partial charge on any atom is -0.508 e. The molecule has 1 fully saturated rings. The second kappa shape index (κ2) is 8.43. The van der Waals surface area contributed by atoms with E-state index < -0.39 is 43.0 Å². The average molecular weight is 429 g/mol. The molecule has 3 heterocycles. The zero-order chi connectivity index (χ0) is 22.1. The highest BCUT2D eigenvalue weighted by atomic mass is 16.5. The predicted octanol–water partition coefficient (Wildman–Crippen LogP) is -1.58. The minimum absolute atomic E-state index is 0.115. The lowest BCUT2D eigenvalue weighted by molar-refractivity contribution is -0.124. The number of aliphatic hydroxyl groups is 2. The molecular formula is C19H23N7O5. The molecule has 0 spiro atoms. The van der Waals surface area contributed by atoms with E-state index in [0.29, 0.717) is 11.2 Å². The molecule has 31 heavy (non-hydrogen) atoms. The van der Waals surface area contributed by atoms with Crippen molar-refractivity contribution < 1.29 is 24.9 Å².